The topological polar surface area (TPSA) is 38.3 Å². The average molecular weight is 195 g/mol. The molecule has 3 heteroatoms. The monoisotopic (exact) mass is 195 g/mol. The van der Waals surface area contributed by atoms with Crippen LogP contribution in [0, 0.1) is 5.41 Å². The molecule has 0 spiro atoms. The number of rotatable bonds is 2. The van der Waals surface area contributed by atoms with E-state index in [0.717, 1.165) is 37.9 Å². The highest BCUT2D eigenvalue weighted by molar-refractivity contribution is 5.81. The van der Waals surface area contributed by atoms with E-state index in [0.29, 0.717) is 6.61 Å². The minimum Gasteiger partial charge on any atom is -0.465 e. The maximum absolute atomic E-state index is 11.9. The second kappa shape index (κ2) is 3.64. The zero-order chi connectivity index (χ0) is 10.0. The summed E-state index contributed by atoms with van der Waals surface area (Å²) in [6, 6.07) is 0. The van der Waals surface area contributed by atoms with E-state index in [1.807, 2.05) is 6.92 Å². The van der Waals surface area contributed by atoms with Crippen LogP contribution in [-0.2, 0) is 9.53 Å². The molecule has 1 fully saturated rings. The Morgan fingerprint density at radius 1 is 1.64 bits per heavy atom. The van der Waals surface area contributed by atoms with Crippen LogP contribution in [0.2, 0.25) is 0 Å². The Kier molecular flexibility index (Phi) is 2.48. The SMILES string of the molecule is CCOC(=O)C12CCCC=C1NCC2. The van der Waals surface area contributed by atoms with E-state index in [9.17, 15) is 4.79 Å². The number of carbonyl (C=O) groups is 1. The van der Waals surface area contributed by atoms with Crippen LogP contribution in [0.15, 0.2) is 11.8 Å². The summed E-state index contributed by atoms with van der Waals surface area (Å²) in [6.45, 7) is 3.25. The quantitative estimate of drug-likeness (QED) is 0.680. The predicted octanol–water partition coefficient (Wildman–Crippen LogP) is 1.60. The molecule has 1 N–H and O–H groups in total. The Labute approximate surface area is 84.5 Å². The molecule has 0 bridgehead atoms. The number of hydrogen-bond acceptors (Lipinski definition) is 3. The summed E-state index contributed by atoms with van der Waals surface area (Å²) in [5.74, 6) is -0.0315. The zero-order valence-electron chi connectivity index (χ0n) is 8.64. The first-order valence-corrected chi connectivity index (χ1v) is 5.41. The Bertz CT molecular complexity index is 272. The number of allylic oxidation sites excluding steroid dienone is 1. The highest BCUT2D eigenvalue weighted by Gasteiger charge is 2.47. The molecule has 0 radical (unpaired) electrons. The molecule has 3 nitrogen and oxygen atoms in total. The lowest BCUT2D eigenvalue weighted by Gasteiger charge is -2.30. The van der Waals surface area contributed by atoms with Gasteiger partial charge in [-0.25, -0.2) is 0 Å². The van der Waals surface area contributed by atoms with Crippen molar-refractivity contribution in [2.24, 2.45) is 5.41 Å². The fourth-order valence-electron chi connectivity index (χ4n) is 2.48. The largest absolute Gasteiger partial charge is 0.465 e. The molecule has 2 rings (SSSR count). The molecule has 14 heavy (non-hydrogen) atoms. The van der Waals surface area contributed by atoms with Crippen LogP contribution in [0.25, 0.3) is 0 Å². The first-order chi connectivity index (χ1) is 6.79. The molecule has 0 aromatic rings. The van der Waals surface area contributed by atoms with Gasteiger partial charge < -0.3 is 10.1 Å². The number of carbonyl (C=O) groups excluding carboxylic acids is 1. The van der Waals surface area contributed by atoms with Crippen molar-refractivity contribution in [2.75, 3.05) is 13.2 Å². The number of esters is 1. The fraction of sp³-hybridized carbons (Fsp3) is 0.727. The van der Waals surface area contributed by atoms with E-state index in [-0.39, 0.29) is 11.4 Å². The van der Waals surface area contributed by atoms with Gasteiger partial charge in [0.1, 0.15) is 5.41 Å². The summed E-state index contributed by atoms with van der Waals surface area (Å²) in [5, 5.41) is 3.30. The normalized spacial score (nSPS) is 30.2. The molecule has 1 unspecified atom stereocenters. The Morgan fingerprint density at radius 3 is 3.29 bits per heavy atom. The number of nitrogens with one attached hydrogen (secondary N) is 1. The summed E-state index contributed by atoms with van der Waals surface area (Å²) in [6.07, 6.45) is 6.20. The molecule has 1 heterocycles. The molecular weight excluding hydrogens is 178 g/mol. The van der Waals surface area contributed by atoms with E-state index in [1.165, 1.54) is 0 Å². The average Bonchev–Trinajstić information content (AvgIpc) is 2.62. The van der Waals surface area contributed by atoms with Crippen molar-refractivity contribution in [3.05, 3.63) is 11.8 Å². The molecule has 0 aromatic heterocycles. The third-order valence-corrected chi connectivity index (χ3v) is 3.21. The summed E-state index contributed by atoms with van der Waals surface area (Å²) in [5.41, 5.74) is 0.802. The Balaban J connectivity index is 2.23. The lowest BCUT2D eigenvalue weighted by atomic mass is 9.76. The summed E-state index contributed by atoms with van der Waals surface area (Å²) >= 11 is 0. The molecule has 1 aliphatic heterocycles. The van der Waals surface area contributed by atoms with Gasteiger partial charge in [0.25, 0.3) is 0 Å². The van der Waals surface area contributed by atoms with Gasteiger partial charge >= 0.3 is 5.97 Å². The van der Waals surface area contributed by atoms with Crippen molar-refractivity contribution < 1.29 is 9.53 Å². The third kappa shape index (κ3) is 1.31. The molecule has 1 aliphatic carbocycles. The molecule has 2 aliphatic rings. The summed E-state index contributed by atoms with van der Waals surface area (Å²) < 4.78 is 5.17. The lowest BCUT2D eigenvalue weighted by Crippen LogP contribution is -2.35. The van der Waals surface area contributed by atoms with Crippen molar-refractivity contribution in [2.45, 2.75) is 32.6 Å². The van der Waals surface area contributed by atoms with E-state index in [1.54, 1.807) is 0 Å². The van der Waals surface area contributed by atoms with E-state index in [2.05, 4.69) is 11.4 Å². The second-order valence-electron chi connectivity index (χ2n) is 3.99. The molecule has 0 aromatic carbocycles. The fourth-order valence-corrected chi connectivity index (χ4v) is 2.48. The van der Waals surface area contributed by atoms with Crippen LogP contribution in [0.4, 0.5) is 0 Å². The molecule has 78 valence electrons. The maximum atomic E-state index is 11.9. The van der Waals surface area contributed by atoms with Crippen molar-refractivity contribution in [1.29, 1.82) is 0 Å². The number of fused-ring (bicyclic) bond motifs is 1. The maximum Gasteiger partial charge on any atom is 0.318 e. The molecule has 1 atom stereocenters. The van der Waals surface area contributed by atoms with Crippen LogP contribution >= 0.6 is 0 Å². The number of hydrogen-bond donors (Lipinski definition) is 1. The molecular formula is C11H17NO2. The second-order valence-corrected chi connectivity index (χ2v) is 3.99. The third-order valence-electron chi connectivity index (χ3n) is 3.21. The van der Waals surface area contributed by atoms with Crippen LogP contribution in [0.5, 0.6) is 0 Å². The smallest absolute Gasteiger partial charge is 0.318 e. The lowest BCUT2D eigenvalue weighted by molar-refractivity contribution is -0.153. The van der Waals surface area contributed by atoms with E-state index in [4.69, 9.17) is 4.74 Å². The van der Waals surface area contributed by atoms with Crippen molar-refractivity contribution in [3.63, 3.8) is 0 Å². The minimum atomic E-state index is -0.311. The van der Waals surface area contributed by atoms with Gasteiger partial charge in [-0.05, 0) is 32.6 Å². The van der Waals surface area contributed by atoms with Gasteiger partial charge in [-0.2, -0.15) is 0 Å². The van der Waals surface area contributed by atoms with Crippen molar-refractivity contribution >= 4 is 5.97 Å². The van der Waals surface area contributed by atoms with Crippen LogP contribution in [0.3, 0.4) is 0 Å². The first-order valence-electron chi connectivity index (χ1n) is 5.41. The first kappa shape index (κ1) is 9.56. The van der Waals surface area contributed by atoms with Crippen LogP contribution < -0.4 is 5.32 Å². The zero-order valence-corrected chi connectivity index (χ0v) is 8.64. The van der Waals surface area contributed by atoms with Gasteiger partial charge in [-0.15, -0.1) is 0 Å². The summed E-state index contributed by atoms with van der Waals surface area (Å²) in [4.78, 5) is 11.9. The van der Waals surface area contributed by atoms with Crippen LogP contribution in [-0.4, -0.2) is 19.1 Å². The molecule has 0 saturated carbocycles. The van der Waals surface area contributed by atoms with Gasteiger partial charge in [0.2, 0.25) is 0 Å². The minimum absolute atomic E-state index is 0.0315. The Morgan fingerprint density at radius 2 is 2.50 bits per heavy atom. The van der Waals surface area contributed by atoms with Crippen LogP contribution in [0.1, 0.15) is 32.6 Å². The molecule has 1 saturated heterocycles. The molecule has 0 amide bonds. The van der Waals surface area contributed by atoms with E-state index < -0.39 is 0 Å². The van der Waals surface area contributed by atoms with Gasteiger partial charge in [0.05, 0.1) is 6.61 Å². The van der Waals surface area contributed by atoms with Gasteiger partial charge in [0.15, 0.2) is 0 Å². The van der Waals surface area contributed by atoms with Crippen molar-refractivity contribution in [1.82, 2.24) is 5.32 Å². The van der Waals surface area contributed by atoms with Gasteiger partial charge in [-0.3, -0.25) is 4.79 Å². The predicted molar refractivity (Wildman–Crippen MR) is 53.6 cm³/mol. The van der Waals surface area contributed by atoms with Gasteiger partial charge in [0, 0.05) is 12.2 Å². The standard InChI is InChI=1S/C11H17NO2/c1-2-14-10(13)11-6-4-3-5-9(11)12-8-7-11/h5,12H,2-4,6-8H2,1H3. The Hall–Kier alpha value is -0.990. The highest BCUT2D eigenvalue weighted by atomic mass is 16.5. The van der Waals surface area contributed by atoms with Gasteiger partial charge in [-0.1, -0.05) is 6.08 Å². The highest BCUT2D eigenvalue weighted by Crippen LogP contribution is 2.43. The van der Waals surface area contributed by atoms with Crippen molar-refractivity contribution in [3.8, 4) is 0 Å². The summed E-state index contributed by atoms with van der Waals surface area (Å²) in [7, 11) is 0. The number of ether oxygens (including phenoxy) is 1. The van der Waals surface area contributed by atoms with E-state index >= 15 is 0 Å².